The third kappa shape index (κ3) is 2.78. The highest BCUT2D eigenvalue weighted by Crippen LogP contribution is 2.21. The van der Waals surface area contributed by atoms with Crippen LogP contribution in [-0.2, 0) is 4.74 Å². The van der Waals surface area contributed by atoms with Gasteiger partial charge in [-0.25, -0.2) is 19.3 Å². The molecular weight excluding hydrogens is 280 g/mol. The summed E-state index contributed by atoms with van der Waals surface area (Å²) in [4.78, 5) is 19.1. The molecule has 2 rings (SSSR count). The molecule has 0 spiro atoms. The second-order valence-corrected chi connectivity index (χ2v) is 4.33. The Kier molecular flexibility index (Phi) is 4.01. The second-order valence-electron chi connectivity index (χ2n) is 3.94. The first kappa shape index (κ1) is 14.0. The third-order valence-electron chi connectivity index (χ3n) is 2.50. The number of esters is 1. The predicted molar refractivity (Wildman–Crippen MR) is 73.3 cm³/mol. The van der Waals surface area contributed by atoms with Crippen molar-refractivity contribution in [3.05, 3.63) is 46.2 Å². The van der Waals surface area contributed by atoms with Gasteiger partial charge in [0.05, 0.1) is 13.2 Å². The molecule has 0 aromatic carbocycles. The third-order valence-corrected chi connectivity index (χ3v) is 2.69. The number of pyridine rings is 1. The normalized spacial score (nSPS) is 10.1. The Bertz CT molecular complexity index is 703. The van der Waals surface area contributed by atoms with E-state index < -0.39 is 5.97 Å². The van der Waals surface area contributed by atoms with Gasteiger partial charge in [-0.15, -0.1) is 0 Å². The lowest BCUT2D eigenvalue weighted by Crippen LogP contribution is -2.08. The molecule has 0 N–H and O–H groups in total. The van der Waals surface area contributed by atoms with Crippen LogP contribution in [0.2, 0.25) is 5.15 Å². The Morgan fingerprint density at radius 1 is 1.55 bits per heavy atom. The average Bonchev–Trinajstić information content (AvgIpc) is 2.80. The minimum Gasteiger partial charge on any atom is -0.461 e. The Labute approximate surface area is 120 Å². The number of aryl methyl sites for hydroxylation is 1. The molecule has 0 amide bonds. The van der Waals surface area contributed by atoms with Crippen molar-refractivity contribution in [1.29, 1.82) is 0 Å². The predicted octanol–water partition coefficient (Wildman–Crippen LogP) is 2.96. The molecular formula is C13H11ClN4O2. The summed E-state index contributed by atoms with van der Waals surface area (Å²) < 4.78 is 6.32. The largest absolute Gasteiger partial charge is 0.461 e. The van der Waals surface area contributed by atoms with Crippen molar-refractivity contribution in [2.75, 3.05) is 6.61 Å². The zero-order valence-corrected chi connectivity index (χ0v) is 11.7. The molecule has 0 bridgehead atoms. The molecule has 0 fully saturated rings. The highest BCUT2D eigenvalue weighted by atomic mass is 35.5. The molecule has 0 unspecified atom stereocenters. The van der Waals surface area contributed by atoms with Crippen LogP contribution in [0, 0.1) is 13.5 Å². The van der Waals surface area contributed by atoms with E-state index in [0.717, 1.165) is 0 Å². The monoisotopic (exact) mass is 290 g/mol. The molecule has 0 aliphatic carbocycles. The minimum absolute atomic E-state index is 0.194. The van der Waals surface area contributed by atoms with Crippen molar-refractivity contribution in [1.82, 2.24) is 14.8 Å². The molecule has 0 saturated heterocycles. The molecule has 2 aromatic heterocycles. The van der Waals surface area contributed by atoms with Gasteiger partial charge in [-0.3, -0.25) is 0 Å². The van der Waals surface area contributed by atoms with Crippen LogP contribution in [0.4, 0.5) is 5.69 Å². The quantitative estimate of drug-likeness (QED) is 0.495. The molecule has 6 nitrogen and oxygen atoms in total. The minimum atomic E-state index is -0.490. The van der Waals surface area contributed by atoms with E-state index in [1.807, 2.05) is 0 Å². The number of ether oxygens (including phenoxy) is 1. The number of carbonyl (C=O) groups excluding carboxylic acids is 1. The summed E-state index contributed by atoms with van der Waals surface area (Å²) >= 11 is 5.85. The topological polar surface area (TPSA) is 61.4 Å². The van der Waals surface area contributed by atoms with Crippen LogP contribution in [0.15, 0.2) is 18.3 Å². The maximum Gasteiger partial charge on any atom is 0.359 e. The highest BCUT2D eigenvalue weighted by molar-refractivity contribution is 6.29. The smallest absolute Gasteiger partial charge is 0.359 e. The number of hydrogen-bond donors (Lipinski definition) is 0. The van der Waals surface area contributed by atoms with E-state index in [-0.39, 0.29) is 17.5 Å². The fourth-order valence-electron chi connectivity index (χ4n) is 1.63. The maximum absolute atomic E-state index is 11.7. The lowest BCUT2D eigenvalue weighted by Gasteiger charge is -2.02. The van der Waals surface area contributed by atoms with E-state index in [1.54, 1.807) is 26.1 Å². The number of carbonyl (C=O) groups is 1. The zero-order valence-electron chi connectivity index (χ0n) is 10.9. The first-order valence-electron chi connectivity index (χ1n) is 5.84. The average molecular weight is 291 g/mol. The summed E-state index contributed by atoms with van der Waals surface area (Å²) in [6, 6.07) is 3.00. The van der Waals surface area contributed by atoms with Gasteiger partial charge in [0.15, 0.2) is 11.4 Å². The molecule has 2 aromatic rings. The fraction of sp³-hybridized carbons (Fsp3) is 0.231. The molecule has 0 atom stereocenters. The van der Waals surface area contributed by atoms with E-state index in [2.05, 4.69) is 14.9 Å². The van der Waals surface area contributed by atoms with E-state index in [4.69, 9.17) is 22.9 Å². The van der Waals surface area contributed by atoms with Gasteiger partial charge in [-0.05, 0) is 26.0 Å². The van der Waals surface area contributed by atoms with E-state index in [0.29, 0.717) is 17.1 Å². The lowest BCUT2D eigenvalue weighted by molar-refractivity contribution is 0.0518. The first-order valence-corrected chi connectivity index (χ1v) is 6.21. The summed E-state index contributed by atoms with van der Waals surface area (Å²) in [7, 11) is 0. The van der Waals surface area contributed by atoms with Crippen molar-refractivity contribution < 1.29 is 9.53 Å². The summed E-state index contributed by atoms with van der Waals surface area (Å²) in [6.07, 6.45) is 1.64. The Morgan fingerprint density at radius 2 is 2.30 bits per heavy atom. The molecule has 0 radical (unpaired) electrons. The Hall–Kier alpha value is -2.39. The number of halogens is 1. The van der Waals surface area contributed by atoms with Gasteiger partial charge < -0.3 is 4.74 Å². The molecule has 2 heterocycles. The highest BCUT2D eigenvalue weighted by Gasteiger charge is 2.16. The van der Waals surface area contributed by atoms with Crippen LogP contribution < -0.4 is 0 Å². The fourth-order valence-corrected chi connectivity index (χ4v) is 1.83. The number of hydrogen-bond acceptors (Lipinski definition) is 4. The van der Waals surface area contributed by atoms with Crippen LogP contribution in [0.5, 0.6) is 0 Å². The summed E-state index contributed by atoms with van der Waals surface area (Å²) in [6.45, 7) is 10.8. The lowest BCUT2D eigenvalue weighted by atomic mass is 10.3. The Balaban J connectivity index is 2.45. The molecule has 7 heteroatoms. The van der Waals surface area contributed by atoms with Crippen LogP contribution in [-0.4, -0.2) is 27.3 Å². The molecule has 102 valence electrons. The van der Waals surface area contributed by atoms with Crippen molar-refractivity contribution in [3.8, 4) is 5.82 Å². The van der Waals surface area contributed by atoms with Crippen LogP contribution in [0.25, 0.3) is 10.7 Å². The van der Waals surface area contributed by atoms with Crippen molar-refractivity contribution in [3.63, 3.8) is 0 Å². The van der Waals surface area contributed by atoms with Gasteiger partial charge in [0.1, 0.15) is 11.0 Å². The molecule has 0 aliphatic rings. The standard InChI is InChI=1S/C13H11ClN4O2/c1-4-20-13(19)12-8(2)7-18(17-12)11-6-9(15-3)5-10(14)16-11/h5-7H,4H2,1-2H3. The van der Waals surface area contributed by atoms with Crippen molar-refractivity contribution in [2.45, 2.75) is 13.8 Å². The maximum atomic E-state index is 11.7. The van der Waals surface area contributed by atoms with Gasteiger partial charge in [0, 0.05) is 11.8 Å². The molecule has 0 saturated carbocycles. The SMILES string of the molecule is [C-]#[N+]c1cc(Cl)nc(-n2cc(C)c(C(=O)OCC)n2)c1. The zero-order chi connectivity index (χ0) is 14.7. The number of aromatic nitrogens is 3. The van der Waals surface area contributed by atoms with Crippen molar-refractivity contribution in [2.24, 2.45) is 0 Å². The van der Waals surface area contributed by atoms with Gasteiger partial charge in [-0.2, -0.15) is 5.10 Å². The number of nitrogens with zero attached hydrogens (tertiary/aromatic N) is 4. The summed E-state index contributed by atoms with van der Waals surface area (Å²) in [5.41, 5.74) is 1.23. The van der Waals surface area contributed by atoms with Crippen molar-refractivity contribution >= 4 is 23.3 Å². The van der Waals surface area contributed by atoms with Gasteiger partial charge in [-0.1, -0.05) is 11.6 Å². The Morgan fingerprint density at radius 3 is 2.95 bits per heavy atom. The van der Waals surface area contributed by atoms with E-state index >= 15 is 0 Å². The second kappa shape index (κ2) is 5.72. The molecule has 20 heavy (non-hydrogen) atoms. The van der Waals surface area contributed by atoms with Crippen LogP contribution in [0.3, 0.4) is 0 Å². The van der Waals surface area contributed by atoms with Gasteiger partial charge in [0.2, 0.25) is 0 Å². The summed E-state index contributed by atoms with van der Waals surface area (Å²) in [5, 5.41) is 4.33. The van der Waals surface area contributed by atoms with Crippen LogP contribution >= 0.6 is 11.6 Å². The van der Waals surface area contributed by atoms with E-state index in [1.165, 1.54) is 10.7 Å². The molecule has 0 aliphatic heterocycles. The first-order chi connectivity index (χ1) is 9.55. The number of rotatable bonds is 3. The van der Waals surface area contributed by atoms with Crippen LogP contribution in [0.1, 0.15) is 23.0 Å². The summed E-state index contributed by atoms with van der Waals surface area (Å²) in [5.74, 6) is -0.113. The van der Waals surface area contributed by atoms with Gasteiger partial charge >= 0.3 is 5.97 Å². The van der Waals surface area contributed by atoms with E-state index in [9.17, 15) is 4.79 Å². The van der Waals surface area contributed by atoms with Gasteiger partial charge in [0.25, 0.3) is 0 Å².